The fraction of sp³-hybridized carbons (Fsp3) is 0.647. The number of aromatic hydroxyl groups is 2. The van der Waals surface area contributed by atoms with Crippen LogP contribution >= 0.6 is 0 Å². The lowest BCUT2D eigenvalue weighted by molar-refractivity contribution is -0.134. The highest BCUT2D eigenvalue weighted by Gasteiger charge is 2.28. The molecule has 0 spiro atoms. The minimum atomic E-state index is -4.29. The molecule has 1 aliphatic heterocycles. The Morgan fingerprint density at radius 2 is 1.72 bits per heavy atom. The first-order chi connectivity index (χ1) is 11.8. The van der Waals surface area contributed by atoms with Gasteiger partial charge in [-0.1, -0.05) is 5.92 Å². The zero-order valence-corrected chi connectivity index (χ0v) is 14.1. The second kappa shape index (κ2) is 8.50. The van der Waals surface area contributed by atoms with Crippen molar-refractivity contribution >= 4 is 0 Å². The van der Waals surface area contributed by atoms with Crippen molar-refractivity contribution < 1.29 is 23.4 Å². The van der Waals surface area contributed by atoms with Crippen LogP contribution in [0, 0.1) is 12.3 Å². The monoisotopic (exact) mass is 359 g/mol. The molecule has 1 aromatic heterocycles. The zero-order chi connectivity index (χ0) is 18.4. The van der Waals surface area contributed by atoms with Crippen LogP contribution in [0.4, 0.5) is 13.2 Å². The van der Waals surface area contributed by atoms with Crippen molar-refractivity contribution in [3.63, 3.8) is 0 Å². The third-order valence-corrected chi connectivity index (χ3v) is 4.44. The molecule has 1 saturated heterocycles. The van der Waals surface area contributed by atoms with E-state index in [-0.39, 0.29) is 23.7 Å². The van der Waals surface area contributed by atoms with E-state index < -0.39 is 12.6 Å². The fourth-order valence-electron chi connectivity index (χ4n) is 3.01. The van der Waals surface area contributed by atoms with Gasteiger partial charge in [-0.3, -0.25) is 9.47 Å². The molecule has 1 aliphatic rings. The lowest BCUT2D eigenvalue weighted by atomic mass is 10.2. The van der Waals surface area contributed by atoms with Crippen LogP contribution in [0.1, 0.15) is 18.4 Å². The van der Waals surface area contributed by atoms with Crippen molar-refractivity contribution in [1.82, 2.24) is 14.4 Å². The summed E-state index contributed by atoms with van der Waals surface area (Å²) in [6, 6.07) is 1.21. The van der Waals surface area contributed by atoms with E-state index in [0.717, 1.165) is 32.7 Å². The highest BCUT2D eigenvalue weighted by Crippen LogP contribution is 2.31. The summed E-state index contributed by atoms with van der Waals surface area (Å²) in [5.41, 5.74) is 0.123. The van der Waals surface area contributed by atoms with E-state index in [2.05, 4.69) is 15.7 Å². The molecule has 0 aromatic carbocycles. The number of hydrogen-bond acceptors (Lipinski definition) is 4. The molecule has 2 N–H and O–H groups in total. The smallest absolute Gasteiger partial charge is 0.389 e. The fourth-order valence-corrected chi connectivity index (χ4v) is 3.01. The first-order valence-electron chi connectivity index (χ1n) is 8.35. The third-order valence-electron chi connectivity index (χ3n) is 4.44. The Hall–Kier alpha value is -1.85. The predicted molar refractivity (Wildman–Crippen MR) is 88.5 cm³/mol. The molecular formula is C17H24F3N3O2. The number of nitrogens with zero attached hydrogens (tertiary/aromatic N) is 3. The van der Waals surface area contributed by atoms with Gasteiger partial charge in [-0.2, -0.15) is 13.2 Å². The average molecular weight is 359 g/mol. The number of aryl methyl sites for hydroxylation is 1. The van der Waals surface area contributed by atoms with E-state index in [1.807, 2.05) is 0 Å². The van der Waals surface area contributed by atoms with Gasteiger partial charge in [0.05, 0.1) is 6.54 Å². The normalized spacial score (nSPS) is 16.9. The molecule has 0 amide bonds. The number of rotatable bonds is 7. The average Bonchev–Trinajstić information content (AvgIpc) is 2.81. The highest BCUT2D eigenvalue weighted by atomic mass is 19.4. The van der Waals surface area contributed by atoms with Gasteiger partial charge in [0.25, 0.3) is 0 Å². The van der Waals surface area contributed by atoms with Gasteiger partial charge in [-0.15, -0.1) is 6.42 Å². The topological polar surface area (TPSA) is 51.9 Å². The molecule has 0 aliphatic carbocycles. The van der Waals surface area contributed by atoms with Crippen molar-refractivity contribution in [3.8, 4) is 24.1 Å². The Balaban J connectivity index is 1.79. The number of piperazine rings is 1. The van der Waals surface area contributed by atoms with Gasteiger partial charge >= 0.3 is 6.18 Å². The Kier molecular flexibility index (Phi) is 6.62. The van der Waals surface area contributed by atoms with Gasteiger partial charge in [0.1, 0.15) is 0 Å². The van der Waals surface area contributed by atoms with Gasteiger partial charge in [0.2, 0.25) is 0 Å². The zero-order valence-electron chi connectivity index (χ0n) is 14.1. The molecule has 1 fully saturated rings. The predicted octanol–water partition coefficient (Wildman–Crippen LogP) is 2.04. The molecule has 25 heavy (non-hydrogen) atoms. The van der Waals surface area contributed by atoms with E-state index in [0.29, 0.717) is 19.5 Å². The van der Waals surface area contributed by atoms with Crippen LogP contribution in [-0.4, -0.2) is 70.0 Å². The van der Waals surface area contributed by atoms with Crippen LogP contribution in [0.3, 0.4) is 0 Å². The summed E-state index contributed by atoms with van der Waals surface area (Å²) >= 11 is 0. The molecule has 0 bridgehead atoms. The maximum Gasteiger partial charge on any atom is 0.389 e. The Labute approximate surface area is 145 Å². The summed E-state index contributed by atoms with van der Waals surface area (Å²) in [5, 5.41) is 19.9. The molecule has 0 unspecified atom stereocenters. The van der Waals surface area contributed by atoms with Crippen LogP contribution < -0.4 is 0 Å². The van der Waals surface area contributed by atoms with E-state index in [1.54, 1.807) is 0 Å². The quantitative estimate of drug-likeness (QED) is 0.732. The molecule has 1 aromatic rings. The summed E-state index contributed by atoms with van der Waals surface area (Å²) in [5.74, 6) is 2.15. The van der Waals surface area contributed by atoms with E-state index >= 15 is 0 Å². The third kappa shape index (κ3) is 5.87. The Bertz CT molecular complexity index is 600. The lowest BCUT2D eigenvalue weighted by Gasteiger charge is -2.33. The van der Waals surface area contributed by atoms with Crippen LogP contribution in [-0.2, 0) is 13.0 Å². The number of aromatic nitrogens is 1. The molecule has 2 rings (SSSR count). The van der Waals surface area contributed by atoms with Crippen molar-refractivity contribution in [3.05, 3.63) is 11.6 Å². The molecule has 5 nitrogen and oxygen atoms in total. The highest BCUT2D eigenvalue weighted by molar-refractivity contribution is 5.35. The van der Waals surface area contributed by atoms with Gasteiger partial charge in [0, 0.05) is 50.8 Å². The number of halogens is 3. The minimum Gasteiger partial charge on any atom is -0.494 e. The number of alkyl halides is 3. The van der Waals surface area contributed by atoms with Gasteiger partial charge < -0.3 is 15.1 Å². The lowest BCUT2D eigenvalue weighted by Crippen LogP contribution is -2.46. The van der Waals surface area contributed by atoms with Crippen molar-refractivity contribution in [2.45, 2.75) is 32.0 Å². The summed E-state index contributed by atoms with van der Waals surface area (Å²) in [7, 11) is 0. The Morgan fingerprint density at radius 1 is 1.08 bits per heavy atom. The first-order valence-corrected chi connectivity index (χ1v) is 8.35. The molecular weight excluding hydrogens is 335 g/mol. The standard InChI is InChI=1S/C17H24F3N3O2/c1-2-6-21-9-11-22(12-10-21)7-3-8-23-15(24)13-14(16(23)25)4-5-17(18,19)20/h1,13,24-25H,3-12H2. The molecule has 0 saturated carbocycles. The summed E-state index contributed by atoms with van der Waals surface area (Å²) in [6.45, 7) is 5.43. The maximum absolute atomic E-state index is 12.3. The SMILES string of the molecule is C#CCN1CCN(CCCn2c(O)cc(CCC(F)(F)F)c2O)CC1. The van der Waals surface area contributed by atoms with E-state index in [1.165, 1.54) is 10.6 Å². The summed E-state index contributed by atoms with van der Waals surface area (Å²) in [4.78, 5) is 4.47. The van der Waals surface area contributed by atoms with Crippen LogP contribution in [0.15, 0.2) is 6.07 Å². The number of hydrogen-bond donors (Lipinski definition) is 2. The first kappa shape index (κ1) is 19.5. The molecule has 140 valence electrons. The second-order valence-electron chi connectivity index (χ2n) is 6.29. The maximum atomic E-state index is 12.3. The second-order valence-corrected chi connectivity index (χ2v) is 6.29. The van der Waals surface area contributed by atoms with Crippen molar-refractivity contribution in [2.24, 2.45) is 0 Å². The molecule has 8 heteroatoms. The molecule has 2 heterocycles. The van der Waals surface area contributed by atoms with Crippen molar-refractivity contribution in [2.75, 3.05) is 39.3 Å². The number of terminal acetylenes is 1. The van der Waals surface area contributed by atoms with E-state index in [4.69, 9.17) is 6.42 Å². The van der Waals surface area contributed by atoms with Crippen LogP contribution in [0.5, 0.6) is 11.8 Å². The van der Waals surface area contributed by atoms with Gasteiger partial charge in [-0.05, 0) is 19.4 Å². The minimum absolute atomic E-state index is 0.123. The largest absolute Gasteiger partial charge is 0.494 e. The Morgan fingerprint density at radius 3 is 2.32 bits per heavy atom. The van der Waals surface area contributed by atoms with Crippen molar-refractivity contribution in [1.29, 1.82) is 0 Å². The summed E-state index contributed by atoms with van der Waals surface area (Å²) in [6.07, 6.45) is 0.332. The molecule has 0 atom stereocenters. The van der Waals surface area contributed by atoms with Crippen LogP contribution in [0.25, 0.3) is 0 Å². The van der Waals surface area contributed by atoms with Crippen LogP contribution in [0.2, 0.25) is 0 Å². The molecule has 0 radical (unpaired) electrons. The van der Waals surface area contributed by atoms with Gasteiger partial charge in [0.15, 0.2) is 11.8 Å². The van der Waals surface area contributed by atoms with E-state index in [9.17, 15) is 23.4 Å². The summed E-state index contributed by atoms with van der Waals surface area (Å²) < 4.78 is 38.1. The van der Waals surface area contributed by atoms with Gasteiger partial charge in [-0.25, -0.2) is 0 Å².